The predicted octanol–water partition coefficient (Wildman–Crippen LogP) is 3.79. The van der Waals surface area contributed by atoms with Crippen LogP contribution in [-0.2, 0) is 11.3 Å². The predicted molar refractivity (Wildman–Crippen MR) is 108 cm³/mol. The van der Waals surface area contributed by atoms with E-state index in [9.17, 15) is 4.79 Å². The number of thiazole rings is 1. The number of amides is 1. The Kier molecular flexibility index (Phi) is 6.46. The first-order valence-corrected chi connectivity index (χ1v) is 10.2. The van der Waals surface area contributed by atoms with Crippen molar-refractivity contribution >= 4 is 22.4 Å². The zero-order valence-corrected chi connectivity index (χ0v) is 17.1. The Balaban J connectivity index is 1.56. The largest absolute Gasteiger partial charge is 0.491 e. The average Bonchev–Trinajstić information content (AvgIpc) is 3.00. The summed E-state index contributed by atoms with van der Waals surface area (Å²) in [5.74, 6) is 0.590. The summed E-state index contributed by atoms with van der Waals surface area (Å²) >= 11 is 1.45. The van der Waals surface area contributed by atoms with Gasteiger partial charge in [0.1, 0.15) is 5.75 Å². The van der Waals surface area contributed by atoms with Crippen LogP contribution >= 0.6 is 11.3 Å². The second kappa shape index (κ2) is 8.82. The molecule has 1 aromatic heterocycles. The normalized spacial score (nSPS) is 20.6. The molecule has 2 aromatic rings. The van der Waals surface area contributed by atoms with Crippen LogP contribution in [0.5, 0.6) is 5.75 Å². The smallest absolute Gasteiger partial charge is 0.257 e. The number of hydrogen-bond acceptors (Lipinski definition) is 6. The molecule has 1 amide bonds. The fraction of sp³-hybridized carbons (Fsp3) is 0.500. The van der Waals surface area contributed by atoms with E-state index in [1.165, 1.54) is 11.3 Å². The molecule has 1 fully saturated rings. The summed E-state index contributed by atoms with van der Waals surface area (Å²) < 4.78 is 11.4. The minimum absolute atomic E-state index is 0.107. The summed E-state index contributed by atoms with van der Waals surface area (Å²) in [6.45, 7) is 10.7. The van der Waals surface area contributed by atoms with Gasteiger partial charge >= 0.3 is 0 Å². The highest BCUT2D eigenvalue weighted by atomic mass is 32.1. The second-order valence-corrected chi connectivity index (χ2v) is 8.10. The van der Waals surface area contributed by atoms with Crippen LogP contribution in [0, 0.1) is 0 Å². The summed E-state index contributed by atoms with van der Waals surface area (Å²) in [5, 5.41) is 5.50. The number of hydrogen-bond donors (Lipinski definition) is 1. The van der Waals surface area contributed by atoms with Gasteiger partial charge in [-0.1, -0.05) is 0 Å². The van der Waals surface area contributed by atoms with Crippen LogP contribution in [0.2, 0.25) is 0 Å². The number of nitrogens with one attached hydrogen (secondary N) is 1. The van der Waals surface area contributed by atoms with E-state index in [0.29, 0.717) is 10.7 Å². The number of aromatic nitrogens is 1. The Morgan fingerprint density at radius 3 is 2.59 bits per heavy atom. The van der Waals surface area contributed by atoms with E-state index in [1.54, 1.807) is 12.1 Å². The fourth-order valence-electron chi connectivity index (χ4n) is 3.21. The number of morpholine rings is 1. The molecule has 0 radical (unpaired) electrons. The van der Waals surface area contributed by atoms with Crippen LogP contribution in [0.25, 0.3) is 0 Å². The van der Waals surface area contributed by atoms with E-state index >= 15 is 0 Å². The zero-order chi connectivity index (χ0) is 19.4. The van der Waals surface area contributed by atoms with E-state index in [4.69, 9.17) is 9.47 Å². The van der Waals surface area contributed by atoms with Crippen LogP contribution in [0.4, 0.5) is 5.13 Å². The Labute approximate surface area is 164 Å². The van der Waals surface area contributed by atoms with Crippen molar-refractivity contribution in [3.63, 3.8) is 0 Å². The van der Waals surface area contributed by atoms with Crippen LogP contribution in [-0.4, -0.2) is 47.2 Å². The van der Waals surface area contributed by atoms with Gasteiger partial charge in [-0.2, -0.15) is 0 Å². The number of nitrogens with zero attached hydrogens (tertiary/aromatic N) is 2. The highest BCUT2D eigenvalue weighted by Gasteiger charge is 2.22. The third kappa shape index (κ3) is 5.76. The minimum Gasteiger partial charge on any atom is -0.491 e. The van der Waals surface area contributed by atoms with Crippen molar-refractivity contribution in [2.75, 3.05) is 18.4 Å². The topological polar surface area (TPSA) is 63.7 Å². The molecule has 7 heteroatoms. The molecule has 146 valence electrons. The molecular formula is C20H27N3O3S. The first-order chi connectivity index (χ1) is 12.9. The van der Waals surface area contributed by atoms with Crippen LogP contribution in [0.3, 0.4) is 0 Å². The molecule has 3 rings (SSSR count). The number of anilines is 1. The highest BCUT2D eigenvalue weighted by Crippen LogP contribution is 2.20. The summed E-state index contributed by atoms with van der Waals surface area (Å²) in [5.41, 5.74) is 1.55. The van der Waals surface area contributed by atoms with Crippen molar-refractivity contribution in [3.05, 3.63) is 40.9 Å². The van der Waals surface area contributed by atoms with Gasteiger partial charge in [0.25, 0.3) is 5.91 Å². The maximum Gasteiger partial charge on any atom is 0.257 e. The van der Waals surface area contributed by atoms with E-state index < -0.39 is 0 Å². The molecule has 0 aliphatic carbocycles. The maximum absolute atomic E-state index is 12.4. The van der Waals surface area contributed by atoms with Gasteiger partial charge in [-0.3, -0.25) is 15.0 Å². The van der Waals surface area contributed by atoms with Gasteiger partial charge < -0.3 is 9.47 Å². The summed E-state index contributed by atoms with van der Waals surface area (Å²) in [4.78, 5) is 19.3. The average molecular weight is 390 g/mol. The molecule has 6 nitrogen and oxygen atoms in total. The molecule has 2 atom stereocenters. The standard InChI is InChI=1S/C20H27N3O3S/c1-13(2)25-18-7-5-16(6-8-18)19(24)22-20-21-17(12-27-20)11-23-9-14(3)26-15(4)10-23/h5-8,12-15H,9-11H2,1-4H3,(H,21,22,24)/t14-,15+. The van der Waals surface area contributed by atoms with Gasteiger partial charge in [0.15, 0.2) is 5.13 Å². The quantitative estimate of drug-likeness (QED) is 0.814. The van der Waals surface area contributed by atoms with Crippen molar-refractivity contribution < 1.29 is 14.3 Å². The SMILES string of the molecule is CC(C)Oc1ccc(C(=O)Nc2nc(CN3C[C@@H](C)O[C@@H](C)C3)cs2)cc1. The molecule has 0 spiro atoms. The van der Waals surface area contributed by atoms with Crippen molar-refractivity contribution in [1.29, 1.82) is 0 Å². The third-order valence-electron chi connectivity index (χ3n) is 4.14. The molecular weight excluding hydrogens is 362 g/mol. The lowest BCUT2D eigenvalue weighted by atomic mass is 10.2. The van der Waals surface area contributed by atoms with E-state index in [1.807, 2.05) is 31.4 Å². The monoisotopic (exact) mass is 389 g/mol. The Hall–Kier alpha value is -1.96. The minimum atomic E-state index is -0.166. The lowest BCUT2D eigenvalue weighted by Gasteiger charge is -2.34. The molecule has 1 aromatic carbocycles. The Morgan fingerprint density at radius 2 is 1.96 bits per heavy atom. The van der Waals surface area contributed by atoms with E-state index in [0.717, 1.165) is 31.1 Å². The van der Waals surface area contributed by atoms with Gasteiger partial charge in [-0.05, 0) is 52.0 Å². The number of rotatable bonds is 6. The number of carbonyl (C=O) groups excluding carboxylic acids is 1. The molecule has 0 saturated carbocycles. The van der Waals surface area contributed by atoms with Crippen LogP contribution < -0.4 is 10.1 Å². The molecule has 0 unspecified atom stereocenters. The Morgan fingerprint density at radius 1 is 1.30 bits per heavy atom. The molecule has 27 heavy (non-hydrogen) atoms. The van der Waals surface area contributed by atoms with Crippen LogP contribution in [0.15, 0.2) is 29.6 Å². The first kappa shape index (κ1) is 19.8. The van der Waals surface area contributed by atoms with Gasteiger partial charge in [0.2, 0.25) is 0 Å². The van der Waals surface area contributed by atoms with Gasteiger partial charge in [0.05, 0.1) is 24.0 Å². The molecule has 0 bridgehead atoms. The van der Waals surface area contributed by atoms with Gasteiger partial charge in [0, 0.05) is 30.6 Å². The summed E-state index contributed by atoms with van der Waals surface area (Å²) in [6.07, 6.45) is 0.569. The van der Waals surface area contributed by atoms with Crippen molar-refractivity contribution in [3.8, 4) is 5.75 Å². The molecule has 1 aliphatic rings. The second-order valence-electron chi connectivity index (χ2n) is 7.24. The fourth-order valence-corrected chi connectivity index (χ4v) is 3.90. The van der Waals surface area contributed by atoms with E-state index in [-0.39, 0.29) is 24.2 Å². The first-order valence-electron chi connectivity index (χ1n) is 9.29. The van der Waals surface area contributed by atoms with Crippen molar-refractivity contribution in [2.24, 2.45) is 0 Å². The van der Waals surface area contributed by atoms with Crippen molar-refractivity contribution in [2.45, 2.75) is 52.6 Å². The maximum atomic E-state index is 12.4. The lowest BCUT2D eigenvalue weighted by molar-refractivity contribution is -0.0707. The molecule has 2 heterocycles. The van der Waals surface area contributed by atoms with E-state index in [2.05, 4.69) is 29.0 Å². The van der Waals surface area contributed by atoms with Gasteiger partial charge in [-0.15, -0.1) is 11.3 Å². The summed E-state index contributed by atoms with van der Waals surface area (Å²) in [7, 11) is 0. The van der Waals surface area contributed by atoms with Crippen molar-refractivity contribution in [1.82, 2.24) is 9.88 Å². The molecule has 1 aliphatic heterocycles. The zero-order valence-electron chi connectivity index (χ0n) is 16.3. The Bertz CT molecular complexity index is 750. The summed E-state index contributed by atoms with van der Waals surface area (Å²) in [6, 6.07) is 7.14. The molecule has 1 saturated heterocycles. The number of carbonyl (C=O) groups is 1. The third-order valence-corrected chi connectivity index (χ3v) is 4.95. The van der Waals surface area contributed by atoms with Crippen LogP contribution in [0.1, 0.15) is 43.7 Å². The molecule has 1 N–H and O–H groups in total. The lowest BCUT2D eigenvalue weighted by Crippen LogP contribution is -2.44. The number of benzene rings is 1. The number of ether oxygens (including phenoxy) is 2. The van der Waals surface area contributed by atoms with Gasteiger partial charge in [-0.25, -0.2) is 4.98 Å². The highest BCUT2D eigenvalue weighted by molar-refractivity contribution is 7.13.